The van der Waals surface area contributed by atoms with Crippen LogP contribution >= 0.6 is 0 Å². The van der Waals surface area contributed by atoms with Gasteiger partial charge in [-0.05, 0) is 62.3 Å². The molecule has 0 aliphatic carbocycles. The van der Waals surface area contributed by atoms with E-state index < -0.39 is 6.04 Å². The fourth-order valence-electron chi connectivity index (χ4n) is 3.42. The maximum absolute atomic E-state index is 13.2. The molecular formula is C26H36N2O2. The summed E-state index contributed by atoms with van der Waals surface area (Å²) in [5.41, 5.74) is 4.63. The highest BCUT2D eigenvalue weighted by Crippen LogP contribution is 2.18. The standard InChI is InChI=1S/C26H36N2O2/c1-18(2)23-14-11-22(12-15-23)13-16-25(29)28(21(6)26(30)27-19(3)4)17-24-10-8-7-9-20(24)5/h7-12,14-15,18-19,21H,13,16-17H2,1-6H3,(H,27,30)/t21-/m1/s1. The third kappa shape index (κ3) is 6.72. The largest absolute Gasteiger partial charge is 0.352 e. The molecule has 0 unspecified atom stereocenters. The summed E-state index contributed by atoms with van der Waals surface area (Å²) in [4.78, 5) is 27.5. The molecule has 0 aromatic heterocycles. The lowest BCUT2D eigenvalue weighted by Crippen LogP contribution is -2.49. The molecule has 0 spiro atoms. The van der Waals surface area contributed by atoms with Crippen LogP contribution in [0.5, 0.6) is 0 Å². The van der Waals surface area contributed by atoms with Gasteiger partial charge < -0.3 is 10.2 Å². The number of hydrogen-bond donors (Lipinski definition) is 1. The van der Waals surface area contributed by atoms with E-state index in [0.717, 1.165) is 16.7 Å². The van der Waals surface area contributed by atoms with Gasteiger partial charge in [0, 0.05) is 19.0 Å². The number of nitrogens with one attached hydrogen (secondary N) is 1. The molecule has 0 bridgehead atoms. The van der Waals surface area contributed by atoms with Crippen molar-refractivity contribution in [1.29, 1.82) is 0 Å². The topological polar surface area (TPSA) is 49.4 Å². The summed E-state index contributed by atoms with van der Waals surface area (Å²) < 4.78 is 0. The van der Waals surface area contributed by atoms with Crippen molar-refractivity contribution in [3.05, 3.63) is 70.8 Å². The Morgan fingerprint density at radius 2 is 1.57 bits per heavy atom. The van der Waals surface area contributed by atoms with Crippen molar-refractivity contribution in [3.63, 3.8) is 0 Å². The fourth-order valence-corrected chi connectivity index (χ4v) is 3.42. The minimum atomic E-state index is -0.525. The molecule has 4 nitrogen and oxygen atoms in total. The summed E-state index contributed by atoms with van der Waals surface area (Å²) in [7, 11) is 0. The number of amides is 2. The summed E-state index contributed by atoms with van der Waals surface area (Å²) in [6, 6.07) is 16.0. The van der Waals surface area contributed by atoms with Crippen molar-refractivity contribution in [2.24, 2.45) is 0 Å². The summed E-state index contributed by atoms with van der Waals surface area (Å²) >= 11 is 0. The molecule has 1 N–H and O–H groups in total. The Morgan fingerprint density at radius 3 is 2.13 bits per heavy atom. The number of hydrogen-bond acceptors (Lipinski definition) is 2. The first-order chi connectivity index (χ1) is 14.2. The van der Waals surface area contributed by atoms with Crippen LogP contribution in [-0.4, -0.2) is 28.8 Å². The Kier molecular flexibility index (Phi) is 8.64. The van der Waals surface area contributed by atoms with Crippen LogP contribution in [0, 0.1) is 6.92 Å². The van der Waals surface area contributed by atoms with Crippen LogP contribution < -0.4 is 5.32 Å². The second-order valence-electron chi connectivity index (χ2n) is 8.68. The van der Waals surface area contributed by atoms with E-state index in [1.165, 1.54) is 5.56 Å². The van der Waals surface area contributed by atoms with Crippen LogP contribution in [0.25, 0.3) is 0 Å². The lowest BCUT2D eigenvalue weighted by Gasteiger charge is -2.30. The number of carbonyl (C=O) groups excluding carboxylic acids is 2. The van der Waals surface area contributed by atoms with E-state index in [2.05, 4.69) is 43.4 Å². The summed E-state index contributed by atoms with van der Waals surface area (Å²) in [5.74, 6) is 0.372. The zero-order valence-electron chi connectivity index (χ0n) is 19.2. The van der Waals surface area contributed by atoms with E-state index >= 15 is 0 Å². The SMILES string of the molecule is Cc1ccccc1CN(C(=O)CCc1ccc(C(C)C)cc1)[C@H](C)C(=O)NC(C)C. The van der Waals surface area contributed by atoms with Crippen molar-refractivity contribution >= 4 is 11.8 Å². The lowest BCUT2D eigenvalue weighted by molar-refractivity contribution is -0.140. The third-order valence-electron chi connectivity index (χ3n) is 5.47. The van der Waals surface area contributed by atoms with Gasteiger partial charge >= 0.3 is 0 Å². The Labute approximate surface area is 181 Å². The maximum Gasteiger partial charge on any atom is 0.242 e. The minimum Gasteiger partial charge on any atom is -0.352 e. The van der Waals surface area contributed by atoms with Gasteiger partial charge in [0.15, 0.2) is 0 Å². The molecule has 162 valence electrons. The normalized spacial score (nSPS) is 12.1. The highest BCUT2D eigenvalue weighted by molar-refractivity contribution is 5.87. The van der Waals surface area contributed by atoms with Crippen molar-refractivity contribution < 1.29 is 9.59 Å². The Morgan fingerprint density at radius 1 is 0.933 bits per heavy atom. The molecule has 0 saturated carbocycles. The van der Waals surface area contributed by atoms with Crippen molar-refractivity contribution in [3.8, 4) is 0 Å². The second kappa shape index (κ2) is 11.0. The van der Waals surface area contributed by atoms with E-state index in [1.54, 1.807) is 4.90 Å². The average molecular weight is 409 g/mol. The molecular weight excluding hydrogens is 372 g/mol. The Bertz CT molecular complexity index is 840. The van der Waals surface area contributed by atoms with Gasteiger partial charge in [-0.25, -0.2) is 0 Å². The van der Waals surface area contributed by atoms with Crippen LogP contribution in [0.2, 0.25) is 0 Å². The van der Waals surface area contributed by atoms with Gasteiger partial charge in [-0.2, -0.15) is 0 Å². The molecule has 2 aromatic carbocycles. The van der Waals surface area contributed by atoms with E-state index in [1.807, 2.05) is 52.0 Å². The van der Waals surface area contributed by atoms with Gasteiger partial charge in [0.25, 0.3) is 0 Å². The van der Waals surface area contributed by atoms with Crippen LogP contribution in [0.1, 0.15) is 69.2 Å². The molecule has 1 atom stereocenters. The number of nitrogens with zero attached hydrogens (tertiary/aromatic N) is 1. The first kappa shape index (κ1) is 23.7. The van der Waals surface area contributed by atoms with E-state index in [9.17, 15) is 9.59 Å². The molecule has 4 heteroatoms. The first-order valence-corrected chi connectivity index (χ1v) is 10.9. The highest BCUT2D eigenvalue weighted by Gasteiger charge is 2.26. The number of rotatable bonds is 9. The molecule has 0 fully saturated rings. The fraction of sp³-hybridized carbons (Fsp3) is 0.462. The molecule has 2 aromatic rings. The predicted octanol–water partition coefficient (Wildman–Crippen LogP) is 4.99. The molecule has 0 heterocycles. The van der Waals surface area contributed by atoms with Crippen molar-refractivity contribution in [2.45, 2.75) is 78.9 Å². The molecule has 0 saturated heterocycles. The summed E-state index contributed by atoms with van der Waals surface area (Å²) in [6.07, 6.45) is 1.05. The number of aryl methyl sites for hydroxylation is 2. The molecule has 0 aliphatic rings. The number of benzene rings is 2. The molecule has 2 amide bonds. The van der Waals surface area contributed by atoms with Gasteiger partial charge in [-0.1, -0.05) is 62.4 Å². The minimum absolute atomic E-state index is 0.00223. The van der Waals surface area contributed by atoms with Gasteiger partial charge in [0.1, 0.15) is 6.04 Å². The Hall–Kier alpha value is -2.62. The zero-order valence-corrected chi connectivity index (χ0v) is 19.2. The van der Waals surface area contributed by atoms with Gasteiger partial charge in [-0.3, -0.25) is 9.59 Å². The van der Waals surface area contributed by atoms with Crippen LogP contribution in [0.4, 0.5) is 0 Å². The first-order valence-electron chi connectivity index (χ1n) is 10.9. The van der Waals surface area contributed by atoms with E-state index in [-0.39, 0.29) is 17.9 Å². The second-order valence-corrected chi connectivity index (χ2v) is 8.68. The quantitative estimate of drug-likeness (QED) is 0.635. The van der Waals surface area contributed by atoms with E-state index in [4.69, 9.17) is 0 Å². The molecule has 0 aliphatic heterocycles. The highest BCUT2D eigenvalue weighted by atomic mass is 16.2. The average Bonchev–Trinajstić information content (AvgIpc) is 2.70. The van der Waals surface area contributed by atoms with Gasteiger partial charge in [-0.15, -0.1) is 0 Å². The number of carbonyl (C=O) groups is 2. The zero-order chi connectivity index (χ0) is 22.3. The smallest absolute Gasteiger partial charge is 0.242 e. The molecule has 30 heavy (non-hydrogen) atoms. The summed E-state index contributed by atoms with van der Waals surface area (Å²) in [5, 5.41) is 2.94. The van der Waals surface area contributed by atoms with Gasteiger partial charge in [0.2, 0.25) is 11.8 Å². The van der Waals surface area contributed by atoms with Crippen LogP contribution in [-0.2, 0) is 22.6 Å². The van der Waals surface area contributed by atoms with Crippen molar-refractivity contribution in [1.82, 2.24) is 10.2 Å². The molecule has 0 radical (unpaired) electrons. The lowest BCUT2D eigenvalue weighted by atomic mass is 10.00. The monoisotopic (exact) mass is 408 g/mol. The van der Waals surface area contributed by atoms with Crippen LogP contribution in [0.3, 0.4) is 0 Å². The van der Waals surface area contributed by atoms with Crippen LogP contribution in [0.15, 0.2) is 48.5 Å². The summed E-state index contributed by atoms with van der Waals surface area (Å²) in [6.45, 7) is 12.5. The molecule has 2 rings (SSSR count). The third-order valence-corrected chi connectivity index (χ3v) is 5.47. The maximum atomic E-state index is 13.2. The predicted molar refractivity (Wildman–Crippen MR) is 123 cm³/mol. The van der Waals surface area contributed by atoms with Gasteiger partial charge in [0.05, 0.1) is 0 Å². The van der Waals surface area contributed by atoms with E-state index in [0.29, 0.717) is 25.3 Å². The van der Waals surface area contributed by atoms with Crippen molar-refractivity contribution in [2.75, 3.05) is 0 Å². The Balaban J connectivity index is 2.14.